The lowest BCUT2D eigenvalue weighted by molar-refractivity contribution is -0.362. The zero-order valence-corrected chi connectivity index (χ0v) is 20.0. The predicted molar refractivity (Wildman–Crippen MR) is 131 cm³/mol. The van der Waals surface area contributed by atoms with Crippen LogP contribution in [-0.4, -0.2) is 55.3 Å². The Balaban J connectivity index is 1.50. The zero-order valence-electron chi connectivity index (χ0n) is 20.0. The molecule has 0 unspecified atom stereocenters. The van der Waals surface area contributed by atoms with Crippen molar-refractivity contribution in [2.45, 2.75) is 56.4 Å². The molecule has 0 radical (unpaired) electrons. The largest absolute Gasteiger partial charge is 0.388 e. The van der Waals surface area contributed by atoms with Crippen molar-refractivity contribution < 1.29 is 28.8 Å². The van der Waals surface area contributed by atoms with E-state index in [-0.39, 0.29) is 12.7 Å². The van der Waals surface area contributed by atoms with Gasteiger partial charge in [-0.15, -0.1) is 0 Å². The molecule has 0 bridgehead atoms. The smallest absolute Gasteiger partial charge is 0.156 e. The number of aliphatic hydroxyl groups excluding tert-OH is 1. The second kappa shape index (κ2) is 10.6. The first kappa shape index (κ1) is 24.1. The molecule has 5 rings (SSSR count). The molecular weight excluding hydrogens is 444 g/mol. The van der Waals surface area contributed by atoms with Crippen LogP contribution in [0.3, 0.4) is 0 Å². The molecule has 2 fully saturated rings. The summed E-state index contributed by atoms with van der Waals surface area (Å²) in [5.41, 5.74) is 1.99. The summed E-state index contributed by atoms with van der Waals surface area (Å²) in [6.45, 7) is 4.07. The van der Waals surface area contributed by atoms with E-state index in [1.54, 1.807) is 0 Å². The van der Waals surface area contributed by atoms with Gasteiger partial charge in [0.2, 0.25) is 0 Å². The van der Waals surface area contributed by atoms with Gasteiger partial charge in [0.1, 0.15) is 30.0 Å². The molecule has 0 saturated carbocycles. The lowest BCUT2D eigenvalue weighted by Crippen LogP contribution is -2.60. The molecule has 0 spiro atoms. The minimum atomic E-state index is -0.949. The van der Waals surface area contributed by atoms with E-state index >= 15 is 0 Å². The van der Waals surface area contributed by atoms with Crippen molar-refractivity contribution in [3.63, 3.8) is 0 Å². The molecule has 0 amide bonds. The van der Waals surface area contributed by atoms with Gasteiger partial charge in [-0.1, -0.05) is 91.0 Å². The van der Waals surface area contributed by atoms with Gasteiger partial charge in [-0.2, -0.15) is 0 Å². The number of fused-ring (bicyclic) bond motifs is 1. The van der Waals surface area contributed by atoms with Crippen LogP contribution in [0.4, 0.5) is 0 Å². The molecule has 6 nitrogen and oxygen atoms in total. The van der Waals surface area contributed by atoms with E-state index in [0.29, 0.717) is 6.61 Å². The number of ether oxygens (including phenoxy) is 5. The van der Waals surface area contributed by atoms with Crippen LogP contribution in [0.2, 0.25) is 0 Å². The van der Waals surface area contributed by atoms with Crippen molar-refractivity contribution >= 4 is 0 Å². The highest BCUT2D eigenvalue weighted by atomic mass is 16.8. The summed E-state index contributed by atoms with van der Waals surface area (Å²) in [4.78, 5) is 0. The molecule has 1 N–H and O–H groups in total. The fraction of sp³-hybridized carbons (Fsp3) is 0.379. The number of hydrogen-bond acceptors (Lipinski definition) is 6. The van der Waals surface area contributed by atoms with Gasteiger partial charge in [0.25, 0.3) is 0 Å². The maximum atomic E-state index is 11.4. The van der Waals surface area contributed by atoms with Crippen molar-refractivity contribution in [2.75, 3.05) is 13.2 Å². The Hall–Kier alpha value is -2.58. The Morgan fingerprint density at radius 2 is 1.29 bits per heavy atom. The Morgan fingerprint density at radius 1 is 0.771 bits per heavy atom. The third-order valence-corrected chi connectivity index (χ3v) is 6.64. The third kappa shape index (κ3) is 4.91. The van der Waals surface area contributed by atoms with E-state index < -0.39 is 36.5 Å². The molecular formula is C29H32O6. The monoisotopic (exact) mass is 476 g/mol. The van der Waals surface area contributed by atoms with Crippen LogP contribution in [0.1, 0.15) is 30.5 Å². The van der Waals surface area contributed by atoms with Crippen LogP contribution in [-0.2, 0) is 29.3 Å². The van der Waals surface area contributed by atoms with E-state index in [9.17, 15) is 5.11 Å². The first-order valence-electron chi connectivity index (χ1n) is 12.1. The summed E-state index contributed by atoms with van der Waals surface area (Å²) < 4.78 is 30.2. The molecule has 3 aromatic carbocycles. The topological polar surface area (TPSA) is 66.4 Å². The summed E-state index contributed by atoms with van der Waals surface area (Å²) in [6.07, 6.45) is -3.21. The van der Waals surface area contributed by atoms with E-state index in [1.165, 1.54) is 0 Å². The summed E-state index contributed by atoms with van der Waals surface area (Å²) in [6, 6.07) is 30.3. The summed E-state index contributed by atoms with van der Waals surface area (Å²) in [5.74, 6) is 0. The minimum Gasteiger partial charge on any atom is -0.388 e. The maximum absolute atomic E-state index is 11.4. The standard InChI is InChI=1S/C29H32O6/c1-20-31-19-26-28(34-20)27(35-21(2)33-26)25(30)18-32-29(22-12-6-3-7-13-22,23-14-8-4-9-15-23)24-16-10-5-11-17-24/h3-17,20-21,25-28,30H,18-19H2,1-2H3/t20-,21+,25+,26-,27-,28+/m0/s1. The zero-order chi connectivity index (χ0) is 24.3. The van der Waals surface area contributed by atoms with E-state index in [0.717, 1.165) is 16.7 Å². The third-order valence-electron chi connectivity index (χ3n) is 6.64. The first-order chi connectivity index (χ1) is 17.1. The van der Waals surface area contributed by atoms with Gasteiger partial charge in [-0.05, 0) is 30.5 Å². The van der Waals surface area contributed by atoms with Crippen LogP contribution in [0.15, 0.2) is 91.0 Å². The molecule has 0 aromatic heterocycles. The molecule has 35 heavy (non-hydrogen) atoms. The Bertz CT molecular complexity index is 964. The summed E-state index contributed by atoms with van der Waals surface area (Å²) in [5, 5.41) is 11.4. The highest BCUT2D eigenvalue weighted by molar-refractivity contribution is 5.47. The van der Waals surface area contributed by atoms with Crippen LogP contribution in [0, 0.1) is 0 Å². The highest BCUT2D eigenvalue weighted by Gasteiger charge is 2.47. The van der Waals surface area contributed by atoms with Gasteiger partial charge in [0.15, 0.2) is 12.6 Å². The molecule has 2 heterocycles. The summed E-state index contributed by atoms with van der Waals surface area (Å²) >= 11 is 0. The number of benzene rings is 3. The molecule has 6 heteroatoms. The minimum absolute atomic E-state index is 0.0257. The van der Waals surface area contributed by atoms with Crippen LogP contribution >= 0.6 is 0 Å². The van der Waals surface area contributed by atoms with Crippen molar-refractivity contribution in [1.82, 2.24) is 0 Å². The number of aliphatic hydroxyl groups is 1. The second-order valence-corrected chi connectivity index (χ2v) is 9.00. The van der Waals surface area contributed by atoms with Gasteiger partial charge in [-0.25, -0.2) is 0 Å². The van der Waals surface area contributed by atoms with E-state index in [1.807, 2.05) is 68.4 Å². The van der Waals surface area contributed by atoms with Gasteiger partial charge < -0.3 is 28.8 Å². The first-order valence-corrected chi connectivity index (χ1v) is 12.1. The van der Waals surface area contributed by atoms with Crippen molar-refractivity contribution in [3.8, 4) is 0 Å². The molecule has 6 atom stereocenters. The molecule has 2 saturated heterocycles. The lowest BCUT2D eigenvalue weighted by Gasteiger charge is -2.46. The van der Waals surface area contributed by atoms with Gasteiger partial charge in [0.05, 0.1) is 13.2 Å². The van der Waals surface area contributed by atoms with Crippen molar-refractivity contribution in [2.24, 2.45) is 0 Å². The normalized spacial score (nSPS) is 27.7. The van der Waals surface area contributed by atoms with Gasteiger partial charge in [-0.3, -0.25) is 0 Å². The van der Waals surface area contributed by atoms with Crippen LogP contribution < -0.4 is 0 Å². The molecule has 2 aliphatic heterocycles. The maximum Gasteiger partial charge on any atom is 0.156 e. The fourth-order valence-corrected chi connectivity index (χ4v) is 5.04. The SMILES string of the molecule is C[C@H]1OC[C@@H]2O[C@@H](C)O[C@@H]([C@H](O)COC(c3ccccc3)(c3ccccc3)c3ccccc3)[C@@H]2O1. The van der Waals surface area contributed by atoms with Crippen LogP contribution in [0.25, 0.3) is 0 Å². The van der Waals surface area contributed by atoms with E-state index in [4.69, 9.17) is 23.7 Å². The number of rotatable bonds is 7. The molecule has 0 aliphatic carbocycles. The summed E-state index contributed by atoms with van der Waals surface area (Å²) in [7, 11) is 0. The Morgan fingerprint density at radius 3 is 1.80 bits per heavy atom. The van der Waals surface area contributed by atoms with Crippen LogP contribution in [0.5, 0.6) is 0 Å². The van der Waals surface area contributed by atoms with Gasteiger partial charge >= 0.3 is 0 Å². The Labute approximate surface area is 206 Å². The van der Waals surface area contributed by atoms with Crippen molar-refractivity contribution in [3.05, 3.63) is 108 Å². The second-order valence-electron chi connectivity index (χ2n) is 9.00. The Kier molecular flexibility index (Phi) is 7.29. The average Bonchev–Trinajstić information content (AvgIpc) is 2.90. The fourth-order valence-electron chi connectivity index (χ4n) is 5.04. The average molecular weight is 477 g/mol. The highest BCUT2D eigenvalue weighted by Crippen LogP contribution is 2.41. The number of hydrogen-bond donors (Lipinski definition) is 1. The van der Waals surface area contributed by atoms with E-state index in [2.05, 4.69) is 36.4 Å². The predicted octanol–water partition coefficient (Wildman–Crippen LogP) is 4.25. The quantitative estimate of drug-likeness (QED) is 0.515. The molecule has 184 valence electrons. The lowest BCUT2D eigenvalue weighted by atomic mass is 9.80. The molecule has 2 aliphatic rings. The van der Waals surface area contributed by atoms with Gasteiger partial charge in [0, 0.05) is 0 Å². The molecule has 3 aromatic rings. The van der Waals surface area contributed by atoms with Crippen molar-refractivity contribution in [1.29, 1.82) is 0 Å².